The molecule has 4 aromatic heterocycles. The Morgan fingerprint density at radius 3 is 1.76 bits per heavy atom. The molecule has 0 atom stereocenters. The summed E-state index contributed by atoms with van der Waals surface area (Å²) in [7, 11) is 0. The molecule has 0 saturated carbocycles. The molecule has 13 aromatic rings. The van der Waals surface area contributed by atoms with E-state index >= 15 is 0 Å². The van der Waals surface area contributed by atoms with Crippen LogP contribution in [0.25, 0.3) is 98.2 Å². The highest BCUT2D eigenvalue weighted by Crippen LogP contribution is 2.47. The Hall–Kier alpha value is -7.91. The third-order valence-corrected chi connectivity index (χ3v) is 12.8. The molecule has 0 aliphatic carbocycles. The van der Waals surface area contributed by atoms with Crippen molar-refractivity contribution in [2.45, 2.75) is 0 Å². The summed E-state index contributed by atoms with van der Waals surface area (Å²) in [5, 5.41) is 12.6. The van der Waals surface area contributed by atoms with Gasteiger partial charge in [-0.15, -0.1) is 0 Å². The van der Waals surface area contributed by atoms with E-state index in [2.05, 4.69) is 202 Å². The smallest absolute Gasteiger partial charge is 0.309 e. The Bertz CT molecular complexity index is 4000. The molecule has 1 aliphatic rings. The summed E-state index contributed by atoms with van der Waals surface area (Å²) in [6.07, 6.45) is 0. The Balaban J connectivity index is 1.15. The van der Waals surface area contributed by atoms with Gasteiger partial charge in [-0.25, -0.2) is 4.67 Å². The molecule has 9 aromatic carbocycles. The monoisotopic (exact) mass is 735 g/mol. The minimum atomic E-state index is 0.951. The summed E-state index contributed by atoms with van der Waals surface area (Å²) < 4.78 is 13.1. The van der Waals surface area contributed by atoms with Crippen molar-refractivity contribution in [3.05, 3.63) is 205 Å². The lowest BCUT2D eigenvalue weighted by atomic mass is 9.98. The van der Waals surface area contributed by atoms with Crippen LogP contribution >= 0.6 is 0 Å². The second-order valence-electron chi connectivity index (χ2n) is 15.7. The standard InChI is InChI=1S/C54H31N4/c1-2-15-34(16-3-1)56-44-23-11-8-18-36(44)39-28-26-33(30-48(39)56)51-40-21-6-7-22-41(40)54(55-51)58-46-25-13-10-20-38(46)43-31-42-37-19-9-12-24-45(37)57-47-29-27-32-14-4-5-17-35(32)49(47)50(52(42)57)53(43)58/h1-31H/q+1. The zero-order valence-corrected chi connectivity index (χ0v) is 31.2. The number of nitrogens with zero attached hydrogens (tertiary/aromatic N) is 4. The molecule has 266 valence electrons. The molecule has 4 nitrogen and oxygen atoms in total. The third-order valence-electron chi connectivity index (χ3n) is 12.8. The van der Waals surface area contributed by atoms with E-state index in [0.29, 0.717) is 0 Å². The molecule has 0 radical (unpaired) electrons. The van der Waals surface area contributed by atoms with Gasteiger partial charge in [0, 0.05) is 49.0 Å². The van der Waals surface area contributed by atoms with Crippen molar-refractivity contribution < 1.29 is 0 Å². The lowest BCUT2D eigenvalue weighted by Gasteiger charge is -2.08. The van der Waals surface area contributed by atoms with E-state index in [1.54, 1.807) is 0 Å². The molecule has 0 amide bonds. The number of rotatable bonds is 2. The van der Waals surface area contributed by atoms with Crippen LogP contribution in [0.3, 0.4) is 0 Å². The Labute approximate surface area is 331 Å². The Morgan fingerprint density at radius 1 is 0.345 bits per heavy atom. The molecule has 0 bridgehead atoms. The van der Waals surface area contributed by atoms with Gasteiger partial charge in [0.15, 0.2) is 5.52 Å². The molecule has 5 heterocycles. The molecule has 4 heteroatoms. The molecule has 1 aliphatic heterocycles. The number of para-hydroxylation sites is 4. The topological polar surface area (TPSA) is 28.4 Å². The molecule has 58 heavy (non-hydrogen) atoms. The van der Waals surface area contributed by atoms with Crippen molar-refractivity contribution >= 4 is 104 Å². The second-order valence-corrected chi connectivity index (χ2v) is 15.7. The maximum atomic E-state index is 5.75. The predicted octanol–water partition coefficient (Wildman–Crippen LogP) is 12.4. The first-order valence-corrected chi connectivity index (χ1v) is 20.0. The van der Waals surface area contributed by atoms with E-state index in [1.807, 2.05) is 0 Å². The second kappa shape index (κ2) is 10.9. The summed E-state index contributed by atoms with van der Waals surface area (Å²) in [6, 6.07) is 68.8. The lowest BCUT2D eigenvalue weighted by Crippen LogP contribution is -2.14. The minimum absolute atomic E-state index is 0.951. The molecule has 0 fully saturated rings. The largest absolute Gasteiger partial charge is 0.389 e. The van der Waals surface area contributed by atoms with Gasteiger partial charge in [0.2, 0.25) is 5.71 Å². The van der Waals surface area contributed by atoms with Gasteiger partial charge in [-0.2, -0.15) is 4.57 Å². The molecular weight excluding hydrogens is 705 g/mol. The maximum Gasteiger partial charge on any atom is 0.389 e. The Morgan fingerprint density at radius 2 is 0.948 bits per heavy atom. The maximum absolute atomic E-state index is 5.75. The van der Waals surface area contributed by atoms with Crippen LogP contribution in [0.15, 0.2) is 188 Å². The quantitative estimate of drug-likeness (QED) is 0.158. The van der Waals surface area contributed by atoms with E-state index in [1.165, 1.54) is 87.0 Å². The highest BCUT2D eigenvalue weighted by Gasteiger charge is 2.36. The average molecular weight is 736 g/mol. The fourth-order valence-corrected chi connectivity index (χ4v) is 10.5. The highest BCUT2D eigenvalue weighted by molar-refractivity contribution is 6.39. The normalized spacial score (nSPS) is 13.1. The zero-order valence-electron chi connectivity index (χ0n) is 31.2. The van der Waals surface area contributed by atoms with Crippen molar-refractivity contribution in [2.24, 2.45) is 0 Å². The van der Waals surface area contributed by atoms with Gasteiger partial charge in [-0.1, -0.05) is 115 Å². The number of benzene rings is 9. The van der Waals surface area contributed by atoms with Gasteiger partial charge in [0.1, 0.15) is 5.52 Å². The lowest BCUT2D eigenvalue weighted by molar-refractivity contribution is 1.18. The van der Waals surface area contributed by atoms with Gasteiger partial charge in [-0.05, 0) is 83.6 Å². The fraction of sp³-hybridized carbons (Fsp3) is 0. The van der Waals surface area contributed by atoms with Crippen LogP contribution in [-0.2, 0) is 0 Å². The fourth-order valence-electron chi connectivity index (χ4n) is 10.5. The molecular formula is C54H31N4+. The Kier molecular flexibility index (Phi) is 5.70. The van der Waals surface area contributed by atoms with E-state index in [-0.39, 0.29) is 0 Å². The minimum Gasteiger partial charge on any atom is -0.309 e. The van der Waals surface area contributed by atoms with Crippen molar-refractivity contribution in [3.8, 4) is 5.69 Å². The van der Waals surface area contributed by atoms with Gasteiger partial charge >= 0.3 is 5.84 Å². The number of hydrogen-bond donors (Lipinski definition) is 0. The van der Waals surface area contributed by atoms with E-state index < -0.39 is 0 Å². The SMILES string of the molecule is c1ccc(-n2c3ccccc3c3ccc(C4=[N+]=C(n5c6ccccc6c6cc7c8ccccc8n8c9ccc%10ccccc%10c9c(c65)c78)c5ccccc54)cc32)cc1. The number of aromatic nitrogens is 3. The molecule has 0 unspecified atom stereocenters. The zero-order chi connectivity index (χ0) is 37.6. The highest BCUT2D eigenvalue weighted by atomic mass is 15.1. The van der Waals surface area contributed by atoms with E-state index in [4.69, 9.17) is 4.67 Å². The van der Waals surface area contributed by atoms with Crippen molar-refractivity contribution in [1.29, 1.82) is 0 Å². The number of fused-ring (bicyclic) bond motifs is 16. The summed E-state index contributed by atoms with van der Waals surface area (Å²) in [5.74, 6) is 0.951. The van der Waals surface area contributed by atoms with Crippen molar-refractivity contribution in [1.82, 2.24) is 18.2 Å². The van der Waals surface area contributed by atoms with Gasteiger partial charge in [0.25, 0.3) is 0 Å². The predicted molar refractivity (Wildman–Crippen MR) is 244 cm³/mol. The summed E-state index contributed by atoms with van der Waals surface area (Å²) in [5.41, 5.74) is 13.9. The van der Waals surface area contributed by atoms with Gasteiger partial charge in [-0.3, -0.25) is 0 Å². The first-order valence-electron chi connectivity index (χ1n) is 20.0. The third kappa shape index (κ3) is 3.73. The van der Waals surface area contributed by atoms with Crippen LogP contribution in [0.2, 0.25) is 0 Å². The molecule has 0 spiro atoms. The molecule has 0 saturated heterocycles. The van der Waals surface area contributed by atoms with Gasteiger partial charge in [0.05, 0.1) is 44.1 Å². The van der Waals surface area contributed by atoms with Gasteiger partial charge < -0.3 is 8.97 Å². The van der Waals surface area contributed by atoms with Crippen molar-refractivity contribution in [2.75, 3.05) is 0 Å². The van der Waals surface area contributed by atoms with Crippen molar-refractivity contribution in [3.63, 3.8) is 0 Å². The summed E-state index contributed by atoms with van der Waals surface area (Å²) in [4.78, 5) is 0. The van der Waals surface area contributed by atoms with E-state index in [0.717, 1.165) is 39.4 Å². The summed E-state index contributed by atoms with van der Waals surface area (Å²) >= 11 is 0. The molecule has 14 rings (SSSR count). The first kappa shape index (κ1) is 30.3. The van der Waals surface area contributed by atoms with Crippen LogP contribution in [0, 0.1) is 0 Å². The van der Waals surface area contributed by atoms with Crippen LogP contribution in [0.4, 0.5) is 0 Å². The summed E-state index contributed by atoms with van der Waals surface area (Å²) in [6.45, 7) is 0. The first-order chi connectivity index (χ1) is 28.8. The number of hydrogen-bond acceptors (Lipinski definition) is 0. The van der Waals surface area contributed by atoms with Crippen LogP contribution in [-0.4, -0.2) is 25.1 Å². The van der Waals surface area contributed by atoms with Crippen LogP contribution in [0.1, 0.15) is 16.7 Å². The molecule has 0 N–H and O–H groups in total. The van der Waals surface area contributed by atoms with Crippen LogP contribution < -0.4 is 4.67 Å². The average Bonchev–Trinajstić information content (AvgIpc) is 4.08. The van der Waals surface area contributed by atoms with Crippen LogP contribution in [0.5, 0.6) is 0 Å². The van der Waals surface area contributed by atoms with E-state index in [9.17, 15) is 0 Å².